The van der Waals surface area contributed by atoms with Crippen molar-refractivity contribution in [3.63, 3.8) is 0 Å². The molecule has 21 heavy (non-hydrogen) atoms. The van der Waals surface area contributed by atoms with Gasteiger partial charge in [-0.2, -0.15) is 0 Å². The molecule has 1 atom stereocenters. The molecule has 1 aromatic heterocycles. The molecule has 0 aromatic carbocycles. The first-order valence-electron chi connectivity index (χ1n) is 6.87. The Bertz CT molecular complexity index is 580. The van der Waals surface area contributed by atoms with Gasteiger partial charge in [-0.3, -0.25) is 9.78 Å². The molecular formula is C14H17N5OS. The van der Waals surface area contributed by atoms with Crippen molar-refractivity contribution in [3.8, 4) is 0 Å². The van der Waals surface area contributed by atoms with Crippen LogP contribution in [0.5, 0.6) is 0 Å². The Labute approximate surface area is 128 Å². The second-order valence-electron chi connectivity index (χ2n) is 5.06. The third-order valence-electron chi connectivity index (χ3n) is 3.80. The van der Waals surface area contributed by atoms with Crippen molar-refractivity contribution >= 4 is 23.0 Å². The molecule has 0 radical (unpaired) electrons. The monoisotopic (exact) mass is 303 g/mol. The topological polar surface area (TPSA) is 82.0 Å². The van der Waals surface area contributed by atoms with Crippen molar-refractivity contribution in [1.82, 2.24) is 9.88 Å². The third kappa shape index (κ3) is 3.20. The second kappa shape index (κ2) is 6.65. The van der Waals surface area contributed by atoms with Crippen molar-refractivity contribution in [2.24, 2.45) is 5.11 Å². The van der Waals surface area contributed by atoms with Crippen molar-refractivity contribution in [2.45, 2.75) is 31.7 Å². The van der Waals surface area contributed by atoms with E-state index in [9.17, 15) is 4.79 Å². The molecule has 1 saturated heterocycles. The molecule has 1 unspecified atom stereocenters. The van der Waals surface area contributed by atoms with Gasteiger partial charge in [0.2, 0.25) is 5.91 Å². The first-order chi connectivity index (χ1) is 10.1. The van der Waals surface area contributed by atoms with Crippen LogP contribution in [0.15, 0.2) is 29.5 Å². The second-order valence-corrected chi connectivity index (χ2v) is 5.67. The number of nitrogens with zero attached hydrogens (tertiary/aromatic N) is 5. The highest BCUT2D eigenvalue weighted by atomic mass is 32.1. The van der Waals surface area contributed by atoms with E-state index in [1.807, 2.05) is 18.2 Å². The highest BCUT2D eigenvalue weighted by Crippen LogP contribution is 2.32. The van der Waals surface area contributed by atoms with Crippen molar-refractivity contribution in [3.05, 3.63) is 40.5 Å². The number of pyridine rings is 1. The van der Waals surface area contributed by atoms with Crippen LogP contribution in [0.1, 0.15) is 31.9 Å². The molecule has 0 saturated carbocycles. The Morgan fingerprint density at radius 2 is 2.43 bits per heavy atom. The van der Waals surface area contributed by atoms with E-state index in [1.54, 1.807) is 18.0 Å². The number of carbonyl (C=O) groups is 1. The molecule has 0 N–H and O–H groups in total. The summed E-state index contributed by atoms with van der Waals surface area (Å²) in [4.78, 5) is 21.0. The SMILES string of the molecule is CC(=S)C(CCCN1CCC1=O)(N=[N+]=[N-])c1ccccn1. The fraction of sp³-hybridized carbons (Fsp3) is 0.500. The summed E-state index contributed by atoms with van der Waals surface area (Å²) in [5, 5.41) is 3.96. The zero-order chi connectivity index (χ0) is 15.3. The van der Waals surface area contributed by atoms with Crippen LogP contribution in [0.3, 0.4) is 0 Å². The van der Waals surface area contributed by atoms with Gasteiger partial charge in [-0.25, -0.2) is 0 Å². The number of hydrogen-bond donors (Lipinski definition) is 0. The van der Waals surface area contributed by atoms with Gasteiger partial charge in [-0.05, 0) is 37.4 Å². The number of azide groups is 1. The van der Waals surface area contributed by atoms with Gasteiger partial charge >= 0.3 is 0 Å². The molecule has 0 aliphatic carbocycles. The minimum atomic E-state index is -0.917. The lowest BCUT2D eigenvalue weighted by atomic mass is 9.87. The summed E-state index contributed by atoms with van der Waals surface area (Å²) in [6.07, 6.45) is 3.56. The van der Waals surface area contributed by atoms with Crippen molar-refractivity contribution < 1.29 is 4.79 Å². The Hall–Kier alpha value is -1.98. The van der Waals surface area contributed by atoms with E-state index in [4.69, 9.17) is 17.7 Å². The number of rotatable bonds is 7. The summed E-state index contributed by atoms with van der Waals surface area (Å²) in [5.74, 6) is 0.182. The lowest BCUT2D eigenvalue weighted by Crippen LogP contribution is -2.44. The predicted molar refractivity (Wildman–Crippen MR) is 83.8 cm³/mol. The van der Waals surface area contributed by atoms with Crippen LogP contribution in [0, 0.1) is 0 Å². The Balaban J connectivity index is 2.17. The van der Waals surface area contributed by atoms with Crippen LogP contribution in [0.2, 0.25) is 0 Å². The van der Waals surface area contributed by atoms with Crippen LogP contribution in [-0.2, 0) is 10.3 Å². The molecule has 0 bridgehead atoms. The summed E-state index contributed by atoms with van der Waals surface area (Å²) in [6, 6.07) is 5.47. The largest absolute Gasteiger partial charge is 0.342 e. The first kappa shape index (κ1) is 15.4. The summed E-state index contributed by atoms with van der Waals surface area (Å²) in [6.45, 7) is 3.25. The Kier molecular flexibility index (Phi) is 4.88. The van der Waals surface area contributed by atoms with Gasteiger partial charge in [0.05, 0.1) is 5.69 Å². The molecular weight excluding hydrogens is 286 g/mol. The molecule has 6 nitrogen and oxygen atoms in total. The maximum Gasteiger partial charge on any atom is 0.224 e. The predicted octanol–water partition coefficient (Wildman–Crippen LogP) is 2.99. The number of likely N-dealkylation sites (tertiary alicyclic amines) is 1. The molecule has 1 amide bonds. The van der Waals surface area contributed by atoms with Gasteiger partial charge in [-0.1, -0.05) is 23.4 Å². The molecule has 0 spiro atoms. The van der Waals surface area contributed by atoms with E-state index in [-0.39, 0.29) is 5.91 Å². The van der Waals surface area contributed by atoms with Gasteiger partial charge in [0.25, 0.3) is 0 Å². The molecule has 110 valence electrons. The zero-order valence-corrected chi connectivity index (χ0v) is 12.7. The van der Waals surface area contributed by atoms with E-state index in [0.29, 0.717) is 29.9 Å². The number of thiocarbonyl (C=S) groups is 1. The first-order valence-corrected chi connectivity index (χ1v) is 7.27. The van der Waals surface area contributed by atoms with Gasteiger partial charge < -0.3 is 4.90 Å². The van der Waals surface area contributed by atoms with Crippen LogP contribution < -0.4 is 0 Å². The number of amides is 1. The number of hydrogen-bond acceptors (Lipinski definition) is 4. The van der Waals surface area contributed by atoms with Crippen LogP contribution >= 0.6 is 12.2 Å². The van der Waals surface area contributed by atoms with E-state index >= 15 is 0 Å². The summed E-state index contributed by atoms with van der Waals surface area (Å²) in [5.41, 5.74) is 8.67. The normalized spacial score (nSPS) is 16.6. The molecule has 7 heteroatoms. The van der Waals surface area contributed by atoms with Gasteiger partial charge in [0, 0.05) is 35.5 Å². The van der Waals surface area contributed by atoms with E-state index in [2.05, 4.69) is 15.0 Å². The molecule has 2 rings (SSSR count). The van der Waals surface area contributed by atoms with Gasteiger partial charge in [0.1, 0.15) is 5.54 Å². The molecule has 1 aliphatic heterocycles. The highest BCUT2D eigenvalue weighted by molar-refractivity contribution is 7.80. The fourth-order valence-electron chi connectivity index (χ4n) is 2.46. The lowest BCUT2D eigenvalue weighted by molar-refractivity contribution is -0.139. The molecule has 1 aromatic rings. The smallest absolute Gasteiger partial charge is 0.224 e. The van der Waals surface area contributed by atoms with Gasteiger partial charge in [0.15, 0.2) is 0 Å². The number of aromatic nitrogens is 1. The third-order valence-corrected chi connectivity index (χ3v) is 4.14. The number of β-lactam (4-membered cyclic amide) rings is 1. The number of carbonyl (C=O) groups excluding carboxylic acids is 1. The van der Waals surface area contributed by atoms with Gasteiger partial charge in [-0.15, -0.1) is 0 Å². The average molecular weight is 303 g/mol. The molecule has 2 heterocycles. The van der Waals surface area contributed by atoms with Crippen molar-refractivity contribution in [1.29, 1.82) is 0 Å². The van der Waals surface area contributed by atoms with Crippen molar-refractivity contribution in [2.75, 3.05) is 13.1 Å². The fourth-order valence-corrected chi connectivity index (χ4v) is 2.71. The standard InChI is InChI=1S/C14H17N5OS/c1-11(21)14(17-18-15,12-5-2-3-8-16-12)7-4-9-19-10-6-13(19)20/h2-3,5,8H,4,6-7,9-10H2,1H3. The summed E-state index contributed by atoms with van der Waals surface area (Å²) in [7, 11) is 0. The van der Waals surface area contributed by atoms with E-state index in [1.165, 1.54) is 0 Å². The Morgan fingerprint density at radius 3 is 2.90 bits per heavy atom. The van der Waals surface area contributed by atoms with E-state index in [0.717, 1.165) is 13.0 Å². The molecule has 1 fully saturated rings. The minimum absolute atomic E-state index is 0.182. The minimum Gasteiger partial charge on any atom is -0.342 e. The maximum absolute atomic E-state index is 11.3. The van der Waals surface area contributed by atoms with Crippen LogP contribution in [0.25, 0.3) is 10.4 Å². The average Bonchev–Trinajstić information content (AvgIpc) is 2.49. The summed E-state index contributed by atoms with van der Waals surface area (Å²) < 4.78 is 0. The quantitative estimate of drug-likeness (QED) is 0.255. The zero-order valence-electron chi connectivity index (χ0n) is 11.9. The maximum atomic E-state index is 11.3. The van der Waals surface area contributed by atoms with Crippen LogP contribution in [0.4, 0.5) is 0 Å². The van der Waals surface area contributed by atoms with Crippen LogP contribution in [-0.4, -0.2) is 33.7 Å². The highest BCUT2D eigenvalue weighted by Gasteiger charge is 2.35. The summed E-state index contributed by atoms with van der Waals surface area (Å²) >= 11 is 5.34. The lowest BCUT2D eigenvalue weighted by Gasteiger charge is -2.33. The molecule has 1 aliphatic rings. The van der Waals surface area contributed by atoms with E-state index < -0.39 is 5.54 Å². The Morgan fingerprint density at radius 1 is 1.62 bits per heavy atom.